The Kier molecular flexibility index (Phi) is 6.90. The first kappa shape index (κ1) is 20.9. The molecule has 3 rings (SSSR count). The highest BCUT2D eigenvalue weighted by atomic mass is 79.9. The van der Waals surface area contributed by atoms with Gasteiger partial charge in [0.1, 0.15) is 5.75 Å². The van der Waals surface area contributed by atoms with Crippen molar-refractivity contribution in [2.75, 3.05) is 10.6 Å². The van der Waals surface area contributed by atoms with Crippen LogP contribution in [0.3, 0.4) is 0 Å². The summed E-state index contributed by atoms with van der Waals surface area (Å²) in [6.07, 6.45) is -0.704. The zero-order chi connectivity index (χ0) is 20.8. The van der Waals surface area contributed by atoms with Crippen LogP contribution in [0.4, 0.5) is 11.4 Å². The molecule has 0 heterocycles. The molecule has 0 unspecified atom stereocenters. The van der Waals surface area contributed by atoms with Crippen LogP contribution in [0.25, 0.3) is 0 Å². The van der Waals surface area contributed by atoms with Crippen molar-refractivity contribution in [3.05, 3.63) is 87.9 Å². The fourth-order valence-corrected chi connectivity index (χ4v) is 2.94. The van der Waals surface area contributed by atoms with E-state index in [0.29, 0.717) is 27.7 Å². The van der Waals surface area contributed by atoms with Crippen molar-refractivity contribution >= 4 is 50.7 Å². The van der Waals surface area contributed by atoms with Crippen molar-refractivity contribution in [1.29, 1.82) is 0 Å². The molecule has 0 aliphatic rings. The number of hydrogen-bond acceptors (Lipinski definition) is 3. The van der Waals surface area contributed by atoms with Crippen LogP contribution < -0.4 is 15.4 Å². The van der Waals surface area contributed by atoms with E-state index in [-0.39, 0.29) is 11.8 Å². The molecule has 3 aromatic rings. The summed E-state index contributed by atoms with van der Waals surface area (Å²) in [5.41, 5.74) is 1.76. The summed E-state index contributed by atoms with van der Waals surface area (Å²) < 4.78 is 6.60. The monoisotopic (exact) mass is 472 g/mol. The maximum Gasteiger partial charge on any atom is 0.265 e. The third-order valence-corrected chi connectivity index (χ3v) is 4.76. The number of nitrogens with one attached hydrogen (secondary N) is 2. The predicted molar refractivity (Wildman–Crippen MR) is 119 cm³/mol. The van der Waals surface area contributed by atoms with Gasteiger partial charge in [-0.1, -0.05) is 33.6 Å². The lowest BCUT2D eigenvalue weighted by Gasteiger charge is -2.15. The van der Waals surface area contributed by atoms with Crippen molar-refractivity contribution in [2.45, 2.75) is 13.0 Å². The number of rotatable bonds is 6. The summed E-state index contributed by atoms with van der Waals surface area (Å²) >= 11 is 9.27. The number of amides is 2. The fraction of sp³-hybridized carbons (Fsp3) is 0.0909. The molecule has 0 bridgehead atoms. The molecule has 5 nitrogen and oxygen atoms in total. The summed E-state index contributed by atoms with van der Waals surface area (Å²) in [4.78, 5) is 24.6. The first-order valence-electron chi connectivity index (χ1n) is 8.81. The van der Waals surface area contributed by atoms with Gasteiger partial charge in [-0.25, -0.2) is 0 Å². The zero-order valence-electron chi connectivity index (χ0n) is 15.5. The van der Waals surface area contributed by atoms with Gasteiger partial charge in [0.2, 0.25) is 0 Å². The van der Waals surface area contributed by atoms with Gasteiger partial charge in [-0.05, 0) is 73.7 Å². The highest BCUT2D eigenvalue weighted by molar-refractivity contribution is 9.10. The van der Waals surface area contributed by atoms with Gasteiger partial charge in [0.05, 0.1) is 0 Å². The van der Waals surface area contributed by atoms with E-state index in [1.807, 2.05) is 12.1 Å². The van der Waals surface area contributed by atoms with Crippen molar-refractivity contribution < 1.29 is 14.3 Å². The molecule has 0 aromatic heterocycles. The maximum atomic E-state index is 12.3. The van der Waals surface area contributed by atoms with Gasteiger partial charge in [-0.3, -0.25) is 9.59 Å². The molecule has 148 valence electrons. The van der Waals surface area contributed by atoms with E-state index in [0.717, 1.165) is 4.47 Å². The van der Waals surface area contributed by atoms with E-state index in [2.05, 4.69) is 26.6 Å². The molecule has 0 fully saturated rings. The molecule has 2 N–H and O–H groups in total. The van der Waals surface area contributed by atoms with E-state index in [9.17, 15) is 9.59 Å². The average Bonchev–Trinajstić information content (AvgIpc) is 2.70. The summed E-state index contributed by atoms with van der Waals surface area (Å²) in [6, 6.07) is 20.8. The molecule has 0 saturated heterocycles. The minimum atomic E-state index is -0.704. The molecule has 0 radical (unpaired) electrons. The first-order valence-corrected chi connectivity index (χ1v) is 9.98. The number of anilines is 2. The van der Waals surface area contributed by atoms with Gasteiger partial charge in [-0.2, -0.15) is 0 Å². The van der Waals surface area contributed by atoms with E-state index in [1.54, 1.807) is 67.6 Å². The first-order chi connectivity index (χ1) is 13.9. The lowest BCUT2D eigenvalue weighted by molar-refractivity contribution is -0.122. The largest absolute Gasteiger partial charge is 0.481 e. The normalized spacial score (nSPS) is 11.4. The van der Waals surface area contributed by atoms with Gasteiger partial charge < -0.3 is 15.4 Å². The van der Waals surface area contributed by atoms with Crippen molar-refractivity contribution in [2.24, 2.45) is 0 Å². The highest BCUT2D eigenvalue weighted by Crippen LogP contribution is 2.19. The smallest absolute Gasteiger partial charge is 0.265 e. The maximum absolute atomic E-state index is 12.3. The van der Waals surface area contributed by atoms with Crippen molar-refractivity contribution in [3.8, 4) is 5.75 Å². The van der Waals surface area contributed by atoms with Crippen molar-refractivity contribution in [1.82, 2.24) is 0 Å². The molecule has 2 amide bonds. The Labute approximate surface area is 182 Å². The number of ether oxygens (including phenoxy) is 1. The Bertz CT molecular complexity index is 1010. The second kappa shape index (κ2) is 9.58. The fourth-order valence-electron chi connectivity index (χ4n) is 2.49. The lowest BCUT2D eigenvalue weighted by atomic mass is 10.2. The third-order valence-electron chi connectivity index (χ3n) is 3.99. The summed E-state index contributed by atoms with van der Waals surface area (Å²) in [7, 11) is 0. The number of halogens is 2. The Hall–Kier alpha value is -2.83. The summed E-state index contributed by atoms with van der Waals surface area (Å²) in [5, 5.41) is 6.11. The van der Waals surface area contributed by atoms with Crippen molar-refractivity contribution in [3.63, 3.8) is 0 Å². The molecule has 0 spiro atoms. The van der Waals surface area contributed by atoms with E-state index in [1.165, 1.54) is 0 Å². The Morgan fingerprint density at radius 2 is 1.62 bits per heavy atom. The van der Waals surface area contributed by atoms with Crippen LogP contribution >= 0.6 is 27.5 Å². The number of carbonyl (C=O) groups is 2. The van der Waals surface area contributed by atoms with Crippen LogP contribution in [-0.2, 0) is 4.79 Å². The molecular formula is C22H18BrClN2O3. The van der Waals surface area contributed by atoms with Crippen LogP contribution in [0.5, 0.6) is 5.75 Å². The molecule has 1 atom stereocenters. The van der Waals surface area contributed by atoms with E-state index < -0.39 is 6.10 Å². The van der Waals surface area contributed by atoms with Gasteiger partial charge in [0, 0.05) is 26.4 Å². The Morgan fingerprint density at radius 1 is 0.931 bits per heavy atom. The minimum absolute atomic E-state index is 0.264. The van der Waals surface area contributed by atoms with Gasteiger partial charge in [0.25, 0.3) is 11.8 Å². The predicted octanol–water partition coefficient (Wildman–Crippen LogP) is 5.76. The van der Waals surface area contributed by atoms with E-state index in [4.69, 9.17) is 16.3 Å². The SMILES string of the molecule is C[C@@H](Oc1ccc(C(=O)Nc2cccc(Cl)c2)cc1)C(=O)Nc1ccc(Br)cc1. The van der Waals surface area contributed by atoms with Gasteiger partial charge in [0.15, 0.2) is 6.10 Å². The minimum Gasteiger partial charge on any atom is -0.481 e. The van der Waals surface area contributed by atoms with Crippen LogP contribution in [0.2, 0.25) is 5.02 Å². The third kappa shape index (κ3) is 6.07. The zero-order valence-corrected chi connectivity index (χ0v) is 17.8. The molecule has 7 heteroatoms. The number of hydrogen-bond donors (Lipinski definition) is 2. The molecule has 0 saturated carbocycles. The van der Waals surface area contributed by atoms with Gasteiger partial charge >= 0.3 is 0 Å². The van der Waals surface area contributed by atoms with Gasteiger partial charge in [-0.15, -0.1) is 0 Å². The van der Waals surface area contributed by atoms with Crippen LogP contribution in [0, 0.1) is 0 Å². The van der Waals surface area contributed by atoms with Crippen LogP contribution in [0.15, 0.2) is 77.3 Å². The second-order valence-corrected chi connectivity index (χ2v) is 7.60. The molecule has 0 aliphatic heterocycles. The molecular weight excluding hydrogens is 456 g/mol. The topological polar surface area (TPSA) is 67.4 Å². The quantitative estimate of drug-likeness (QED) is 0.478. The van der Waals surface area contributed by atoms with E-state index >= 15 is 0 Å². The lowest BCUT2D eigenvalue weighted by Crippen LogP contribution is -2.30. The summed E-state index contributed by atoms with van der Waals surface area (Å²) in [5.74, 6) is -0.0438. The Morgan fingerprint density at radius 3 is 2.28 bits per heavy atom. The molecule has 0 aliphatic carbocycles. The summed E-state index contributed by atoms with van der Waals surface area (Å²) in [6.45, 7) is 1.66. The molecule has 3 aromatic carbocycles. The second-order valence-electron chi connectivity index (χ2n) is 6.25. The molecule has 29 heavy (non-hydrogen) atoms. The number of benzene rings is 3. The number of carbonyl (C=O) groups excluding carboxylic acids is 2. The average molecular weight is 474 g/mol. The van der Waals surface area contributed by atoms with Crippen LogP contribution in [-0.4, -0.2) is 17.9 Å². The van der Waals surface area contributed by atoms with Crippen LogP contribution in [0.1, 0.15) is 17.3 Å². The Balaban J connectivity index is 1.57. The standard InChI is InChI=1S/C22H18BrClN2O3/c1-14(21(27)25-18-9-7-16(23)8-10-18)29-20-11-5-15(6-12-20)22(28)26-19-4-2-3-17(24)13-19/h2-14H,1H3,(H,25,27)(H,26,28)/t14-/m1/s1. The highest BCUT2D eigenvalue weighted by Gasteiger charge is 2.15.